The van der Waals surface area contributed by atoms with Gasteiger partial charge in [0.15, 0.2) is 5.69 Å². The molecule has 0 aliphatic rings. The molecule has 0 radical (unpaired) electrons. The summed E-state index contributed by atoms with van der Waals surface area (Å²) in [4.78, 5) is 12.5. The van der Waals surface area contributed by atoms with Crippen molar-refractivity contribution in [2.45, 2.75) is 38.8 Å². The number of carbonyl (C=O) groups is 1. The number of carbonyl (C=O) groups excluding carboxylic acids is 1. The van der Waals surface area contributed by atoms with E-state index in [0.29, 0.717) is 11.1 Å². The molecule has 1 N–H and O–H groups in total. The summed E-state index contributed by atoms with van der Waals surface area (Å²) in [5.41, 5.74) is -0.699. The second kappa shape index (κ2) is 8.15. The highest BCUT2D eigenvalue weighted by molar-refractivity contribution is 7.89. The van der Waals surface area contributed by atoms with Crippen LogP contribution in [0.15, 0.2) is 23.2 Å². The number of nitrogens with one attached hydrogen (secondary N) is 1. The lowest BCUT2D eigenvalue weighted by Gasteiger charge is -2.20. The quantitative estimate of drug-likeness (QED) is 0.759. The Kier molecular flexibility index (Phi) is 6.43. The minimum absolute atomic E-state index is 0.0400. The van der Waals surface area contributed by atoms with Crippen molar-refractivity contribution in [1.29, 1.82) is 0 Å². The van der Waals surface area contributed by atoms with E-state index in [1.807, 2.05) is 0 Å². The monoisotopic (exact) mass is 432 g/mol. The number of benzene rings is 1. The molecule has 0 spiro atoms. The SMILES string of the molecule is CCN(CC)S(=O)(=O)c1cc(C)c(C)c(NC(=O)c2cn(C)nc2C(F)(F)F)c1. The first-order valence-corrected chi connectivity index (χ1v) is 10.3. The van der Waals surface area contributed by atoms with Gasteiger partial charge in [0.25, 0.3) is 5.91 Å². The van der Waals surface area contributed by atoms with Crippen LogP contribution in [0.25, 0.3) is 0 Å². The van der Waals surface area contributed by atoms with Gasteiger partial charge in [0.05, 0.1) is 10.5 Å². The molecule has 7 nitrogen and oxygen atoms in total. The van der Waals surface area contributed by atoms with Crippen LogP contribution in [0.3, 0.4) is 0 Å². The van der Waals surface area contributed by atoms with E-state index in [1.54, 1.807) is 27.7 Å². The van der Waals surface area contributed by atoms with E-state index in [2.05, 4.69) is 10.4 Å². The molecule has 1 amide bonds. The van der Waals surface area contributed by atoms with Crippen LogP contribution in [0.2, 0.25) is 0 Å². The van der Waals surface area contributed by atoms with Gasteiger partial charge >= 0.3 is 6.18 Å². The number of aromatic nitrogens is 2. The predicted molar refractivity (Wildman–Crippen MR) is 102 cm³/mol. The molecule has 1 heterocycles. The minimum Gasteiger partial charge on any atom is -0.322 e. The number of halogens is 3. The Balaban J connectivity index is 2.50. The third kappa shape index (κ3) is 4.61. The normalized spacial score (nSPS) is 12.4. The van der Waals surface area contributed by atoms with E-state index >= 15 is 0 Å². The molecule has 2 rings (SSSR count). The summed E-state index contributed by atoms with van der Waals surface area (Å²) in [6.45, 7) is 7.23. The van der Waals surface area contributed by atoms with Crippen molar-refractivity contribution in [3.63, 3.8) is 0 Å². The molecular formula is C18H23F3N4O3S. The first-order valence-electron chi connectivity index (χ1n) is 8.86. The number of amides is 1. The van der Waals surface area contributed by atoms with Crippen LogP contribution in [0, 0.1) is 13.8 Å². The summed E-state index contributed by atoms with van der Waals surface area (Å²) in [5, 5.41) is 5.72. The molecule has 0 fully saturated rings. The Morgan fingerprint density at radius 1 is 1.21 bits per heavy atom. The number of hydrogen-bond donors (Lipinski definition) is 1. The molecule has 1 aromatic heterocycles. The zero-order chi connectivity index (χ0) is 22.1. The Morgan fingerprint density at radius 2 is 1.79 bits per heavy atom. The number of nitrogens with zero attached hydrogens (tertiary/aromatic N) is 3. The molecule has 0 bridgehead atoms. The highest BCUT2D eigenvalue weighted by atomic mass is 32.2. The van der Waals surface area contributed by atoms with Crippen molar-refractivity contribution in [2.24, 2.45) is 7.05 Å². The van der Waals surface area contributed by atoms with Crippen LogP contribution in [0.1, 0.15) is 41.0 Å². The van der Waals surface area contributed by atoms with Crippen LogP contribution in [0.4, 0.5) is 18.9 Å². The predicted octanol–water partition coefficient (Wildman–Crippen LogP) is 3.34. The molecule has 0 unspecified atom stereocenters. The molecule has 0 saturated heterocycles. The first-order chi connectivity index (χ1) is 13.3. The minimum atomic E-state index is -4.80. The van der Waals surface area contributed by atoms with Crippen LogP contribution in [-0.2, 0) is 23.2 Å². The fourth-order valence-electron chi connectivity index (χ4n) is 2.87. The van der Waals surface area contributed by atoms with Gasteiger partial charge in [-0.15, -0.1) is 0 Å². The number of sulfonamides is 1. The Labute approximate surface area is 167 Å². The molecule has 11 heteroatoms. The highest BCUT2D eigenvalue weighted by Gasteiger charge is 2.39. The van der Waals surface area contributed by atoms with Crippen LogP contribution in [-0.4, -0.2) is 41.5 Å². The van der Waals surface area contributed by atoms with Gasteiger partial charge in [0.2, 0.25) is 10.0 Å². The van der Waals surface area contributed by atoms with Gasteiger partial charge in [-0.1, -0.05) is 13.8 Å². The van der Waals surface area contributed by atoms with Gasteiger partial charge in [-0.3, -0.25) is 9.48 Å². The second-order valence-corrected chi connectivity index (χ2v) is 8.46. The summed E-state index contributed by atoms with van der Waals surface area (Å²) >= 11 is 0. The van der Waals surface area contributed by atoms with Crippen molar-refractivity contribution in [3.05, 3.63) is 40.7 Å². The summed E-state index contributed by atoms with van der Waals surface area (Å²) in [6.07, 6.45) is -3.83. The number of aryl methyl sites for hydroxylation is 2. The second-order valence-electron chi connectivity index (χ2n) is 6.52. The topological polar surface area (TPSA) is 84.3 Å². The lowest BCUT2D eigenvalue weighted by Crippen LogP contribution is -2.30. The van der Waals surface area contributed by atoms with Gasteiger partial charge < -0.3 is 5.32 Å². The van der Waals surface area contributed by atoms with Gasteiger partial charge in [0, 0.05) is 32.0 Å². The molecule has 0 atom stereocenters. The van der Waals surface area contributed by atoms with Gasteiger partial charge in [0.1, 0.15) is 0 Å². The van der Waals surface area contributed by atoms with Crippen molar-refractivity contribution >= 4 is 21.6 Å². The molecule has 29 heavy (non-hydrogen) atoms. The largest absolute Gasteiger partial charge is 0.435 e. The Hall–Kier alpha value is -2.40. The van der Waals surface area contributed by atoms with Crippen molar-refractivity contribution < 1.29 is 26.4 Å². The lowest BCUT2D eigenvalue weighted by atomic mass is 10.1. The van der Waals surface area contributed by atoms with Gasteiger partial charge in [-0.2, -0.15) is 22.6 Å². The van der Waals surface area contributed by atoms with E-state index in [1.165, 1.54) is 23.5 Å². The van der Waals surface area contributed by atoms with Crippen LogP contribution in [0.5, 0.6) is 0 Å². The first kappa shape index (κ1) is 22.9. The number of hydrogen-bond acceptors (Lipinski definition) is 4. The zero-order valence-corrected chi connectivity index (χ0v) is 17.6. The van der Waals surface area contributed by atoms with E-state index in [0.717, 1.165) is 10.9 Å². The average molecular weight is 432 g/mol. The molecule has 0 saturated carbocycles. The molecule has 2 aromatic rings. The fourth-order valence-corrected chi connectivity index (χ4v) is 4.44. The highest BCUT2D eigenvalue weighted by Crippen LogP contribution is 2.32. The summed E-state index contributed by atoms with van der Waals surface area (Å²) in [5.74, 6) is -1.02. The zero-order valence-electron chi connectivity index (χ0n) is 16.8. The lowest BCUT2D eigenvalue weighted by molar-refractivity contribution is -0.141. The van der Waals surface area contributed by atoms with Gasteiger partial charge in [-0.25, -0.2) is 8.42 Å². The summed E-state index contributed by atoms with van der Waals surface area (Å²) in [7, 11) is -2.53. The Morgan fingerprint density at radius 3 is 2.31 bits per heavy atom. The molecule has 1 aromatic carbocycles. The van der Waals surface area contributed by atoms with E-state index in [-0.39, 0.29) is 23.7 Å². The maximum absolute atomic E-state index is 13.2. The van der Waals surface area contributed by atoms with Crippen molar-refractivity contribution in [1.82, 2.24) is 14.1 Å². The molecule has 160 valence electrons. The van der Waals surface area contributed by atoms with E-state index < -0.39 is 33.4 Å². The average Bonchev–Trinajstić information content (AvgIpc) is 3.02. The fraction of sp³-hybridized carbons (Fsp3) is 0.444. The Bertz CT molecular complexity index is 1030. The number of rotatable bonds is 6. The van der Waals surface area contributed by atoms with Gasteiger partial charge in [-0.05, 0) is 37.1 Å². The third-order valence-corrected chi connectivity index (χ3v) is 6.60. The number of alkyl halides is 3. The van der Waals surface area contributed by atoms with Crippen molar-refractivity contribution in [2.75, 3.05) is 18.4 Å². The van der Waals surface area contributed by atoms with E-state index in [4.69, 9.17) is 0 Å². The molecular weight excluding hydrogens is 409 g/mol. The third-order valence-electron chi connectivity index (χ3n) is 4.57. The standard InChI is InChI=1S/C18H23F3N4O3S/c1-6-25(7-2)29(27,28)13-8-11(3)12(4)15(9-13)22-17(26)14-10-24(5)23-16(14)18(19,20)21/h8-10H,6-7H2,1-5H3,(H,22,26). The smallest absolute Gasteiger partial charge is 0.322 e. The summed E-state index contributed by atoms with van der Waals surface area (Å²) in [6, 6.07) is 2.74. The van der Waals surface area contributed by atoms with Crippen LogP contribution >= 0.6 is 0 Å². The van der Waals surface area contributed by atoms with Crippen molar-refractivity contribution in [3.8, 4) is 0 Å². The maximum atomic E-state index is 13.2. The molecule has 0 aliphatic heterocycles. The van der Waals surface area contributed by atoms with E-state index in [9.17, 15) is 26.4 Å². The molecule has 0 aliphatic carbocycles. The number of anilines is 1. The maximum Gasteiger partial charge on any atom is 0.435 e. The van der Waals surface area contributed by atoms with Crippen LogP contribution < -0.4 is 5.32 Å². The summed E-state index contributed by atoms with van der Waals surface area (Å²) < 4.78 is 67.2.